The highest BCUT2D eigenvalue weighted by molar-refractivity contribution is 5.66. The van der Waals surface area contributed by atoms with Crippen LogP contribution in [0.25, 0.3) is 0 Å². The molecule has 1 atom stereocenters. The monoisotopic (exact) mass is 332 g/mol. The third-order valence-electron chi connectivity index (χ3n) is 4.37. The van der Waals surface area contributed by atoms with Gasteiger partial charge < -0.3 is 20.1 Å². The molecule has 1 spiro atoms. The lowest BCUT2D eigenvalue weighted by atomic mass is 10.0. The average Bonchev–Trinajstić information content (AvgIpc) is 2.98. The summed E-state index contributed by atoms with van der Waals surface area (Å²) in [4.78, 5) is 11.2. The van der Waals surface area contributed by atoms with Crippen molar-refractivity contribution in [2.45, 2.75) is 31.2 Å². The molecule has 1 unspecified atom stereocenters. The zero-order valence-corrected chi connectivity index (χ0v) is 13.3. The van der Waals surface area contributed by atoms with Crippen molar-refractivity contribution in [3.05, 3.63) is 33.9 Å². The van der Waals surface area contributed by atoms with Gasteiger partial charge in [-0.1, -0.05) is 6.07 Å². The Bertz CT molecular complexity index is 652. The maximum Gasteiger partial charge on any atom is 0.298 e. The number of nitrogens with one attached hydrogen (secondary N) is 2. The van der Waals surface area contributed by atoms with Gasteiger partial charge in [-0.2, -0.15) is 5.26 Å². The Labute approximate surface area is 139 Å². The fourth-order valence-corrected chi connectivity index (χ4v) is 3.20. The van der Waals surface area contributed by atoms with E-state index in [9.17, 15) is 10.1 Å². The van der Waals surface area contributed by atoms with Gasteiger partial charge in [0, 0.05) is 32.5 Å². The highest BCUT2D eigenvalue weighted by Gasteiger charge is 2.44. The van der Waals surface area contributed by atoms with Crippen LogP contribution in [0.1, 0.15) is 30.9 Å². The topological polar surface area (TPSA) is 109 Å². The van der Waals surface area contributed by atoms with E-state index >= 15 is 0 Å². The number of rotatable bonds is 5. The number of benzene rings is 1. The SMILES string of the molecule is N#CCCNc1cccc(C2COC3(CCNCC3)O2)c1[N+](=O)[O-]. The summed E-state index contributed by atoms with van der Waals surface area (Å²) < 4.78 is 12.0. The van der Waals surface area contributed by atoms with Crippen molar-refractivity contribution in [2.75, 3.05) is 31.6 Å². The molecule has 0 saturated carbocycles. The third kappa shape index (κ3) is 3.33. The molecule has 128 valence electrons. The number of ether oxygens (including phenoxy) is 2. The Morgan fingerprint density at radius 1 is 1.46 bits per heavy atom. The summed E-state index contributed by atoms with van der Waals surface area (Å²) in [5, 5.41) is 26.4. The Balaban J connectivity index is 1.83. The van der Waals surface area contributed by atoms with E-state index in [1.165, 1.54) is 0 Å². The van der Waals surface area contributed by atoms with Gasteiger partial charge in [-0.25, -0.2) is 0 Å². The number of nitrogens with zero attached hydrogens (tertiary/aromatic N) is 2. The first-order valence-electron chi connectivity index (χ1n) is 8.06. The van der Waals surface area contributed by atoms with E-state index in [4.69, 9.17) is 14.7 Å². The Hall–Kier alpha value is -2.21. The number of nitro benzene ring substituents is 1. The predicted molar refractivity (Wildman–Crippen MR) is 86.4 cm³/mol. The van der Waals surface area contributed by atoms with Crippen molar-refractivity contribution in [1.29, 1.82) is 5.26 Å². The van der Waals surface area contributed by atoms with Crippen molar-refractivity contribution in [1.82, 2.24) is 5.32 Å². The molecule has 0 aromatic heterocycles. The molecule has 1 aromatic carbocycles. The second kappa shape index (κ2) is 7.13. The van der Waals surface area contributed by atoms with Crippen molar-refractivity contribution >= 4 is 11.4 Å². The van der Waals surface area contributed by atoms with Crippen molar-refractivity contribution < 1.29 is 14.4 Å². The minimum absolute atomic E-state index is 0.00461. The van der Waals surface area contributed by atoms with Crippen LogP contribution >= 0.6 is 0 Å². The molecular weight excluding hydrogens is 312 g/mol. The molecule has 0 bridgehead atoms. The van der Waals surface area contributed by atoms with E-state index < -0.39 is 16.8 Å². The highest BCUT2D eigenvalue weighted by Crippen LogP contribution is 2.43. The van der Waals surface area contributed by atoms with E-state index in [0.29, 0.717) is 24.4 Å². The highest BCUT2D eigenvalue weighted by atomic mass is 16.7. The average molecular weight is 332 g/mol. The molecule has 2 N–H and O–H groups in total. The number of piperidine rings is 1. The number of hydrogen-bond acceptors (Lipinski definition) is 7. The van der Waals surface area contributed by atoms with Crippen LogP contribution in [0.4, 0.5) is 11.4 Å². The number of nitro groups is 1. The second-order valence-electron chi connectivity index (χ2n) is 5.91. The summed E-state index contributed by atoms with van der Waals surface area (Å²) in [6.07, 6.45) is 1.29. The smallest absolute Gasteiger partial charge is 0.298 e. The molecule has 2 aliphatic heterocycles. The minimum Gasteiger partial charge on any atom is -0.378 e. The first-order valence-corrected chi connectivity index (χ1v) is 8.06. The van der Waals surface area contributed by atoms with Gasteiger partial charge in [-0.05, 0) is 12.1 Å². The lowest BCUT2D eigenvalue weighted by Crippen LogP contribution is -2.42. The van der Waals surface area contributed by atoms with Gasteiger partial charge in [0.1, 0.15) is 11.8 Å². The number of hydrogen-bond donors (Lipinski definition) is 2. The van der Waals surface area contributed by atoms with Gasteiger partial charge in [0.2, 0.25) is 0 Å². The predicted octanol–water partition coefficient (Wildman–Crippen LogP) is 2.09. The third-order valence-corrected chi connectivity index (χ3v) is 4.37. The normalized spacial score (nSPS) is 22.2. The van der Waals surface area contributed by atoms with Gasteiger partial charge in [0.25, 0.3) is 5.69 Å². The molecule has 2 heterocycles. The Kier molecular flexibility index (Phi) is 4.94. The fraction of sp³-hybridized carbons (Fsp3) is 0.562. The first-order chi connectivity index (χ1) is 11.7. The summed E-state index contributed by atoms with van der Waals surface area (Å²) in [7, 11) is 0. The van der Waals surface area contributed by atoms with Crippen LogP contribution in [0.2, 0.25) is 0 Å². The molecule has 0 amide bonds. The van der Waals surface area contributed by atoms with E-state index in [1.807, 2.05) is 6.07 Å². The van der Waals surface area contributed by atoms with Gasteiger partial charge in [-0.15, -0.1) is 0 Å². The minimum atomic E-state index is -0.631. The summed E-state index contributed by atoms with van der Waals surface area (Å²) in [5.41, 5.74) is 0.912. The molecule has 0 aliphatic carbocycles. The lowest BCUT2D eigenvalue weighted by molar-refractivity contribution is -0.385. The molecule has 3 rings (SSSR count). The summed E-state index contributed by atoms with van der Waals surface area (Å²) in [6.45, 7) is 2.29. The van der Waals surface area contributed by atoms with Crippen LogP contribution < -0.4 is 10.6 Å². The summed E-state index contributed by atoms with van der Waals surface area (Å²) >= 11 is 0. The van der Waals surface area contributed by atoms with Crippen LogP contribution in [-0.4, -0.2) is 37.0 Å². The second-order valence-corrected chi connectivity index (χ2v) is 5.91. The van der Waals surface area contributed by atoms with E-state index in [1.54, 1.807) is 18.2 Å². The summed E-state index contributed by atoms with van der Waals surface area (Å²) in [5.74, 6) is -0.631. The summed E-state index contributed by atoms with van der Waals surface area (Å²) in [6, 6.07) is 7.13. The fourth-order valence-electron chi connectivity index (χ4n) is 3.20. The molecule has 2 aliphatic rings. The van der Waals surface area contributed by atoms with Crippen LogP contribution in [0, 0.1) is 21.4 Å². The number of anilines is 1. The Morgan fingerprint density at radius 2 is 2.25 bits per heavy atom. The van der Waals surface area contributed by atoms with Gasteiger partial charge in [-0.3, -0.25) is 10.1 Å². The molecule has 1 aromatic rings. The van der Waals surface area contributed by atoms with Crippen molar-refractivity contribution in [2.24, 2.45) is 0 Å². The molecule has 2 fully saturated rings. The zero-order chi connectivity index (χ0) is 17.0. The van der Waals surface area contributed by atoms with Crippen molar-refractivity contribution in [3.63, 3.8) is 0 Å². The van der Waals surface area contributed by atoms with Crippen LogP contribution in [-0.2, 0) is 9.47 Å². The van der Waals surface area contributed by atoms with Gasteiger partial charge in [0.05, 0.1) is 29.6 Å². The number of para-hydroxylation sites is 1. The van der Waals surface area contributed by atoms with E-state index in [0.717, 1.165) is 25.9 Å². The van der Waals surface area contributed by atoms with E-state index in [-0.39, 0.29) is 12.1 Å². The molecule has 24 heavy (non-hydrogen) atoms. The number of nitriles is 1. The largest absolute Gasteiger partial charge is 0.378 e. The maximum absolute atomic E-state index is 11.6. The molecule has 8 heteroatoms. The Morgan fingerprint density at radius 3 is 2.96 bits per heavy atom. The van der Waals surface area contributed by atoms with Crippen LogP contribution in [0.5, 0.6) is 0 Å². The van der Waals surface area contributed by atoms with Crippen LogP contribution in [0.15, 0.2) is 18.2 Å². The standard InChI is InChI=1S/C16H20N4O4/c17-7-2-8-19-13-4-1-3-12(15(13)20(21)22)14-11-23-16(24-14)5-9-18-10-6-16/h1,3-4,14,18-19H,2,5-6,8-11H2. The maximum atomic E-state index is 11.6. The lowest BCUT2D eigenvalue weighted by Gasteiger charge is -2.32. The van der Waals surface area contributed by atoms with Gasteiger partial charge in [0.15, 0.2) is 5.79 Å². The molecular formula is C16H20N4O4. The molecule has 0 radical (unpaired) electrons. The van der Waals surface area contributed by atoms with E-state index in [2.05, 4.69) is 10.6 Å². The van der Waals surface area contributed by atoms with Gasteiger partial charge >= 0.3 is 0 Å². The quantitative estimate of drug-likeness (QED) is 0.482. The van der Waals surface area contributed by atoms with Crippen LogP contribution in [0.3, 0.4) is 0 Å². The molecule has 2 saturated heterocycles. The zero-order valence-electron chi connectivity index (χ0n) is 13.3. The first kappa shape index (κ1) is 16.6. The molecule has 8 nitrogen and oxygen atoms in total. The van der Waals surface area contributed by atoms with Crippen molar-refractivity contribution in [3.8, 4) is 6.07 Å².